The molecule has 0 saturated carbocycles. The van der Waals surface area contributed by atoms with Gasteiger partial charge in [-0.2, -0.15) is 0 Å². The number of sulfonamides is 1. The van der Waals surface area contributed by atoms with Crippen LogP contribution in [-0.4, -0.2) is 24.1 Å². The van der Waals surface area contributed by atoms with Crippen LogP contribution < -0.4 is 4.72 Å². The first-order valence-corrected chi connectivity index (χ1v) is 9.78. The fourth-order valence-corrected chi connectivity index (χ4v) is 4.34. The molecule has 0 radical (unpaired) electrons. The SMILES string of the molecule is CCCS(=O)(=O)Nc1cc(-c2nc3cccnc3s2)ccc1C. The fraction of sp³-hybridized carbons (Fsp3) is 0.250. The number of pyridine rings is 1. The number of aryl methyl sites for hydroxylation is 1. The molecule has 7 heteroatoms. The van der Waals surface area contributed by atoms with Crippen LogP contribution in [0.1, 0.15) is 18.9 Å². The van der Waals surface area contributed by atoms with E-state index in [1.54, 1.807) is 6.20 Å². The molecule has 3 aromatic rings. The summed E-state index contributed by atoms with van der Waals surface area (Å²) < 4.78 is 26.7. The van der Waals surface area contributed by atoms with Crippen LogP contribution in [0.25, 0.3) is 20.9 Å². The van der Waals surface area contributed by atoms with Gasteiger partial charge in [-0.05, 0) is 37.1 Å². The molecule has 0 aliphatic heterocycles. The van der Waals surface area contributed by atoms with Crippen LogP contribution in [0.15, 0.2) is 36.5 Å². The molecule has 0 atom stereocenters. The second-order valence-electron chi connectivity index (χ2n) is 5.30. The van der Waals surface area contributed by atoms with Crippen molar-refractivity contribution in [3.8, 4) is 10.6 Å². The van der Waals surface area contributed by atoms with Crippen LogP contribution in [0.2, 0.25) is 0 Å². The van der Waals surface area contributed by atoms with Crippen molar-refractivity contribution in [3.05, 3.63) is 42.1 Å². The number of rotatable bonds is 5. The Morgan fingerprint density at radius 2 is 2.09 bits per heavy atom. The van der Waals surface area contributed by atoms with Crippen LogP contribution in [0.3, 0.4) is 0 Å². The van der Waals surface area contributed by atoms with E-state index in [0.717, 1.165) is 26.5 Å². The predicted molar refractivity (Wildman–Crippen MR) is 95.3 cm³/mol. The molecule has 1 aromatic carbocycles. The maximum Gasteiger partial charge on any atom is 0.232 e. The smallest absolute Gasteiger partial charge is 0.232 e. The Morgan fingerprint density at radius 1 is 1.26 bits per heavy atom. The van der Waals surface area contributed by atoms with Gasteiger partial charge in [0, 0.05) is 11.8 Å². The first kappa shape index (κ1) is 15.9. The first-order valence-electron chi connectivity index (χ1n) is 7.31. The van der Waals surface area contributed by atoms with Crippen LogP contribution in [0.4, 0.5) is 5.69 Å². The average molecular weight is 347 g/mol. The van der Waals surface area contributed by atoms with Crippen molar-refractivity contribution in [3.63, 3.8) is 0 Å². The quantitative estimate of drug-likeness (QED) is 0.761. The average Bonchev–Trinajstić information content (AvgIpc) is 2.93. The van der Waals surface area contributed by atoms with E-state index in [1.165, 1.54) is 11.3 Å². The van der Waals surface area contributed by atoms with Gasteiger partial charge in [0.2, 0.25) is 10.0 Å². The highest BCUT2D eigenvalue weighted by atomic mass is 32.2. The molecule has 0 unspecified atom stereocenters. The molecule has 0 saturated heterocycles. The second-order valence-corrected chi connectivity index (χ2v) is 8.12. The van der Waals surface area contributed by atoms with Crippen molar-refractivity contribution in [2.75, 3.05) is 10.5 Å². The van der Waals surface area contributed by atoms with Gasteiger partial charge in [-0.1, -0.05) is 30.4 Å². The third-order valence-electron chi connectivity index (χ3n) is 3.39. The summed E-state index contributed by atoms with van der Waals surface area (Å²) in [7, 11) is -3.31. The largest absolute Gasteiger partial charge is 0.283 e. The molecule has 0 amide bonds. The zero-order chi connectivity index (χ0) is 16.4. The lowest BCUT2D eigenvalue weighted by atomic mass is 10.1. The summed E-state index contributed by atoms with van der Waals surface area (Å²) in [6.45, 7) is 3.73. The van der Waals surface area contributed by atoms with E-state index in [2.05, 4.69) is 14.7 Å². The Balaban J connectivity index is 1.99. The van der Waals surface area contributed by atoms with Gasteiger partial charge >= 0.3 is 0 Å². The summed E-state index contributed by atoms with van der Waals surface area (Å²) in [4.78, 5) is 9.73. The Labute approximate surface area is 139 Å². The fourth-order valence-electron chi connectivity index (χ4n) is 2.25. The molecule has 0 aliphatic rings. The van der Waals surface area contributed by atoms with Crippen LogP contribution in [-0.2, 0) is 10.0 Å². The Kier molecular flexibility index (Phi) is 4.32. The maximum atomic E-state index is 12.0. The van der Waals surface area contributed by atoms with Crippen molar-refractivity contribution in [1.29, 1.82) is 0 Å². The lowest BCUT2D eigenvalue weighted by Crippen LogP contribution is -2.16. The van der Waals surface area contributed by atoms with Crippen molar-refractivity contribution in [2.45, 2.75) is 20.3 Å². The maximum absolute atomic E-state index is 12.0. The van der Waals surface area contributed by atoms with E-state index in [9.17, 15) is 8.42 Å². The summed E-state index contributed by atoms with van der Waals surface area (Å²) in [5, 5.41) is 0.828. The van der Waals surface area contributed by atoms with E-state index >= 15 is 0 Å². The van der Waals surface area contributed by atoms with E-state index in [-0.39, 0.29) is 5.75 Å². The standard InChI is InChI=1S/C16H17N3O2S2/c1-3-9-23(20,21)19-14-10-12(7-6-11(14)2)15-18-13-5-4-8-17-16(13)22-15/h4-8,10,19H,3,9H2,1-2H3. The highest BCUT2D eigenvalue weighted by Gasteiger charge is 2.13. The molecular weight excluding hydrogens is 330 g/mol. The van der Waals surface area contributed by atoms with Crippen molar-refractivity contribution in [1.82, 2.24) is 9.97 Å². The van der Waals surface area contributed by atoms with Gasteiger partial charge in [0.15, 0.2) is 0 Å². The number of nitrogens with zero attached hydrogens (tertiary/aromatic N) is 2. The molecule has 5 nitrogen and oxygen atoms in total. The van der Waals surface area contributed by atoms with E-state index < -0.39 is 10.0 Å². The molecule has 0 bridgehead atoms. The van der Waals surface area contributed by atoms with Crippen LogP contribution in [0.5, 0.6) is 0 Å². The van der Waals surface area contributed by atoms with E-state index in [4.69, 9.17) is 0 Å². The van der Waals surface area contributed by atoms with Gasteiger partial charge in [0.1, 0.15) is 15.4 Å². The molecular formula is C16H17N3O2S2. The lowest BCUT2D eigenvalue weighted by molar-refractivity contribution is 0.600. The highest BCUT2D eigenvalue weighted by Crippen LogP contribution is 2.31. The summed E-state index contributed by atoms with van der Waals surface area (Å²) >= 11 is 1.49. The van der Waals surface area contributed by atoms with Gasteiger partial charge in [-0.15, -0.1) is 0 Å². The van der Waals surface area contributed by atoms with Gasteiger partial charge in [0.25, 0.3) is 0 Å². The number of nitrogens with one attached hydrogen (secondary N) is 1. The number of thiazole rings is 1. The summed E-state index contributed by atoms with van der Waals surface area (Å²) in [6, 6.07) is 9.45. The summed E-state index contributed by atoms with van der Waals surface area (Å²) in [6.07, 6.45) is 2.32. The molecule has 120 valence electrons. The van der Waals surface area contributed by atoms with E-state index in [0.29, 0.717) is 12.1 Å². The molecule has 0 aliphatic carbocycles. The Bertz CT molecular complexity index is 916. The summed E-state index contributed by atoms with van der Waals surface area (Å²) in [5.41, 5.74) is 3.21. The second kappa shape index (κ2) is 6.25. The third-order valence-corrected chi connectivity index (χ3v) is 5.89. The number of fused-ring (bicyclic) bond motifs is 1. The summed E-state index contributed by atoms with van der Waals surface area (Å²) in [5.74, 6) is 0.113. The number of hydrogen-bond donors (Lipinski definition) is 1. The van der Waals surface area contributed by atoms with Crippen LogP contribution >= 0.6 is 11.3 Å². The minimum absolute atomic E-state index is 0.113. The monoisotopic (exact) mass is 347 g/mol. The van der Waals surface area contributed by atoms with Crippen molar-refractivity contribution < 1.29 is 8.42 Å². The molecule has 3 rings (SSSR count). The number of anilines is 1. The highest BCUT2D eigenvalue weighted by molar-refractivity contribution is 7.92. The van der Waals surface area contributed by atoms with Gasteiger partial charge in [0.05, 0.1) is 11.4 Å². The number of benzene rings is 1. The molecule has 2 aromatic heterocycles. The topological polar surface area (TPSA) is 72.0 Å². The lowest BCUT2D eigenvalue weighted by Gasteiger charge is -2.11. The zero-order valence-corrected chi connectivity index (χ0v) is 14.5. The molecule has 1 N–H and O–H groups in total. The number of aromatic nitrogens is 2. The predicted octanol–water partition coefficient (Wildman–Crippen LogP) is 3.82. The molecule has 0 spiro atoms. The Hall–Kier alpha value is -1.99. The Morgan fingerprint density at radius 3 is 2.83 bits per heavy atom. The molecule has 0 fully saturated rings. The van der Waals surface area contributed by atoms with E-state index in [1.807, 2.05) is 44.2 Å². The molecule has 23 heavy (non-hydrogen) atoms. The van der Waals surface area contributed by atoms with Crippen molar-refractivity contribution in [2.24, 2.45) is 0 Å². The van der Waals surface area contributed by atoms with Crippen molar-refractivity contribution >= 4 is 37.4 Å². The zero-order valence-electron chi connectivity index (χ0n) is 12.9. The van der Waals surface area contributed by atoms with Gasteiger partial charge in [-0.25, -0.2) is 18.4 Å². The van der Waals surface area contributed by atoms with Crippen LogP contribution in [0, 0.1) is 6.92 Å². The third kappa shape index (κ3) is 3.51. The number of hydrogen-bond acceptors (Lipinski definition) is 5. The minimum atomic E-state index is -3.31. The molecule has 2 heterocycles. The minimum Gasteiger partial charge on any atom is -0.283 e. The van der Waals surface area contributed by atoms with Gasteiger partial charge < -0.3 is 0 Å². The van der Waals surface area contributed by atoms with Gasteiger partial charge in [-0.3, -0.25) is 4.72 Å². The first-order chi connectivity index (χ1) is 11.0. The normalized spacial score (nSPS) is 11.7.